The SMILES string of the molecule is CCN1CCN(C2CCC(Nc3ccc4[nH]c(-c5ccc(OC)c(OC)c5)c(C(C)C)c4c3)CC2)CC1. The summed E-state index contributed by atoms with van der Waals surface area (Å²) in [5.74, 6) is 1.88. The number of hydrogen-bond acceptors (Lipinski definition) is 5. The summed E-state index contributed by atoms with van der Waals surface area (Å²) in [6, 6.07) is 14.3. The van der Waals surface area contributed by atoms with Gasteiger partial charge in [0.25, 0.3) is 0 Å². The lowest BCUT2D eigenvalue weighted by Crippen LogP contribution is -2.51. The molecule has 0 amide bonds. The minimum Gasteiger partial charge on any atom is -0.493 e. The maximum absolute atomic E-state index is 5.58. The van der Waals surface area contributed by atoms with Gasteiger partial charge in [-0.25, -0.2) is 0 Å². The fourth-order valence-electron chi connectivity index (χ4n) is 6.39. The van der Waals surface area contributed by atoms with Crippen molar-refractivity contribution in [1.82, 2.24) is 14.8 Å². The van der Waals surface area contributed by atoms with Gasteiger partial charge in [-0.05, 0) is 80.1 Å². The first kappa shape index (κ1) is 25.9. The molecule has 6 heteroatoms. The molecule has 2 N–H and O–H groups in total. The van der Waals surface area contributed by atoms with E-state index in [-0.39, 0.29) is 0 Å². The molecule has 2 aliphatic rings. The van der Waals surface area contributed by atoms with Crippen LogP contribution in [-0.2, 0) is 0 Å². The normalized spacial score (nSPS) is 21.5. The van der Waals surface area contributed by atoms with E-state index in [4.69, 9.17) is 9.47 Å². The van der Waals surface area contributed by atoms with Gasteiger partial charge in [-0.2, -0.15) is 0 Å². The zero-order chi connectivity index (χ0) is 25.9. The summed E-state index contributed by atoms with van der Waals surface area (Å²) in [6.45, 7) is 12.9. The number of nitrogens with one attached hydrogen (secondary N) is 2. The number of piperazine rings is 1. The maximum Gasteiger partial charge on any atom is 0.161 e. The van der Waals surface area contributed by atoms with Crippen LogP contribution < -0.4 is 14.8 Å². The Morgan fingerprint density at radius 3 is 2.30 bits per heavy atom. The number of hydrogen-bond donors (Lipinski definition) is 2. The van der Waals surface area contributed by atoms with Gasteiger partial charge in [0.05, 0.1) is 19.9 Å². The second-order valence-electron chi connectivity index (χ2n) is 11.0. The average Bonchev–Trinajstić information content (AvgIpc) is 3.32. The van der Waals surface area contributed by atoms with Gasteiger partial charge in [-0.3, -0.25) is 4.90 Å². The lowest BCUT2D eigenvalue weighted by molar-refractivity contribution is 0.0801. The number of anilines is 1. The Kier molecular flexibility index (Phi) is 7.96. The second kappa shape index (κ2) is 11.4. The van der Waals surface area contributed by atoms with Crippen LogP contribution in [0.4, 0.5) is 5.69 Å². The molecule has 5 rings (SSSR count). The molecule has 2 aromatic carbocycles. The summed E-state index contributed by atoms with van der Waals surface area (Å²) < 4.78 is 11.0. The average molecular weight is 505 g/mol. The Morgan fingerprint density at radius 2 is 1.65 bits per heavy atom. The molecular weight excluding hydrogens is 460 g/mol. The van der Waals surface area contributed by atoms with Crippen LogP contribution in [0.3, 0.4) is 0 Å². The first-order chi connectivity index (χ1) is 18.0. The van der Waals surface area contributed by atoms with Crippen molar-refractivity contribution in [1.29, 1.82) is 0 Å². The molecule has 2 fully saturated rings. The van der Waals surface area contributed by atoms with E-state index in [1.807, 2.05) is 6.07 Å². The van der Waals surface area contributed by atoms with E-state index in [2.05, 4.69) is 71.2 Å². The van der Waals surface area contributed by atoms with Gasteiger partial charge in [0.2, 0.25) is 0 Å². The zero-order valence-corrected chi connectivity index (χ0v) is 23.3. The van der Waals surface area contributed by atoms with Gasteiger partial charge in [-0.1, -0.05) is 20.8 Å². The van der Waals surface area contributed by atoms with E-state index in [1.54, 1.807) is 14.2 Å². The van der Waals surface area contributed by atoms with E-state index in [1.165, 1.54) is 80.6 Å². The molecular formula is C31H44N4O2. The number of benzene rings is 2. The van der Waals surface area contributed by atoms with Crippen LogP contribution in [0.15, 0.2) is 36.4 Å². The Hall–Kier alpha value is -2.70. The first-order valence-electron chi connectivity index (χ1n) is 14.1. The second-order valence-corrected chi connectivity index (χ2v) is 11.0. The predicted molar refractivity (Wildman–Crippen MR) is 154 cm³/mol. The van der Waals surface area contributed by atoms with Crippen molar-refractivity contribution in [2.75, 3.05) is 52.3 Å². The quantitative estimate of drug-likeness (QED) is 0.375. The fraction of sp³-hybridized carbons (Fsp3) is 0.548. The van der Waals surface area contributed by atoms with E-state index in [9.17, 15) is 0 Å². The maximum atomic E-state index is 5.58. The minimum absolute atomic E-state index is 0.385. The molecule has 1 saturated heterocycles. The highest BCUT2D eigenvalue weighted by molar-refractivity contribution is 5.93. The molecule has 37 heavy (non-hydrogen) atoms. The van der Waals surface area contributed by atoms with E-state index in [0.29, 0.717) is 12.0 Å². The van der Waals surface area contributed by atoms with Crippen LogP contribution in [0.2, 0.25) is 0 Å². The fourth-order valence-corrected chi connectivity index (χ4v) is 6.39. The van der Waals surface area contributed by atoms with Crippen molar-refractivity contribution < 1.29 is 9.47 Å². The number of aromatic amines is 1. The molecule has 0 unspecified atom stereocenters. The van der Waals surface area contributed by atoms with Crippen LogP contribution in [0.1, 0.15) is 57.9 Å². The van der Waals surface area contributed by atoms with Gasteiger partial charge < -0.3 is 24.7 Å². The monoisotopic (exact) mass is 504 g/mol. The highest BCUT2D eigenvalue weighted by atomic mass is 16.5. The van der Waals surface area contributed by atoms with Gasteiger partial charge in [0, 0.05) is 60.4 Å². The number of fused-ring (bicyclic) bond motifs is 1. The number of ether oxygens (including phenoxy) is 2. The van der Waals surface area contributed by atoms with Crippen molar-refractivity contribution >= 4 is 16.6 Å². The number of nitrogens with zero attached hydrogens (tertiary/aromatic N) is 2. The van der Waals surface area contributed by atoms with Gasteiger partial charge in [0.1, 0.15) is 0 Å². The Bertz CT molecular complexity index is 1190. The first-order valence-corrected chi connectivity index (χ1v) is 14.1. The summed E-state index contributed by atoms with van der Waals surface area (Å²) in [4.78, 5) is 9.02. The topological polar surface area (TPSA) is 52.8 Å². The molecule has 1 aliphatic heterocycles. The van der Waals surface area contributed by atoms with Crippen LogP contribution in [0, 0.1) is 0 Å². The Morgan fingerprint density at radius 1 is 0.919 bits per heavy atom. The van der Waals surface area contributed by atoms with Crippen molar-refractivity contribution in [3.05, 3.63) is 42.0 Å². The molecule has 1 aliphatic carbocycles. The molecule has 1 aromatic heterocycles. The van der Waals surface area contributed by atoms with Crippen molar-refractivity contribution in [2.45, 2.75) is 64.5 Å². The lowest BCUT2D eigenvalue weighted by Gasteiger charge is -2.42. The number of likely N-dealkylation sites (N-methyl/N-ethyl adjacent to an activating group) is 1. The van der Waals surface area contributed by atoms with E-state index >= 15 is 0 Å². The van der Waals surface area contributed by atoms with Crippen LogP contribution >= 0.6 is 0 Å². The van der Waals surface area contributed by atoms with Crippen molar-refractivity contribution in [3.8, 4) is 22.8 Å². The van der Waals surface area contributed by atoms with E-state index < -0.39 is 0 Å². The summed E-state index contributed by atoms with van der Waals surface area (Å²) in [5, 5.41) is 5.18. The summed E-state index contributed by atoms with van der Waals surface area (Å²) in [5.41, 5.74) is 6.03. The van der Waals surface area contributed by atoms with Gasteiger partial charge >= 0.3 is 0 Å². The minimum atomic E-state index is 0.385. The Labute approximate surface area is 222 Å². The van der Waals surface area contributed by atoms with Crippen molar-refractivity contribution in [3.63, 3.8) is 0 Å². The molecule has 1 saturated carbocycles. The number of methoxy groups -OCH3 is 2. The lowest BCUT2D eigenvalue weighted by atomic mass is 9.89. The molecule has 2 heterocycles. The standard InChI is InChI=1S/C31H44N4O2/c1-6-34-15-17-35(18-16-34)25-11-8-23(9-12-25)32-24-10-13-27-26(20-24)30(21(2)3)31(33-27)22-7-14-28(36-4)29(19-22)37-5/h7,10,13-14,19-21,23,25,32-33H,6,8-9,11-12,15-18H2,1-5H3. The summed E-state index contributed by atoms with van der Waals surface area (Å²) in [6.07, 6.45) is 5.10. The number of aromatic nitrogens is 1. The highest BCUT2D eigenvalue weighted by Crippen LogP contribution is 2.40. The Balaban J connectivity index is 1.31. The third-order valence-electron chi connectivity index (χ3n) is 8.53. The summed E-state index contributed by atoms with van der Waals surface area (Å²) in [7, 11) is 3.36. The molecule has 200 valence electrons. The number of rotatable bonds is 8. The van der Waals surface area contributed by atoms with Crippen LogP contribution in [0.5, 0.6) is 11.5 Å². The van der Waals surface area contributed by atoms with Gasteiger partial charge in [-0.15, -0.1) is 0 Å². The van der Waals surface area contributed by atoms with E-state index in [0.717, 1.165) is 28.8 Å². The van der Waals surface area contributed by atoms with Gasteiger partial charge in [0.15, 0.2) is 11.5 Å². The molecule has 0 atom stereocenters. The van der Waals surface area contributed by atoms with Crippen LogP contribution in [-0.4, -0.2) is 73.8 Å². The third kappa shape index (κ3) is 5.46. The zero-order valence-electron chi connectivity index (χ0n) is 23.3. The molecule has 0 radical (unpaired) electrons. The molecule has 3 aromatic rings. The van der Waals surface area contributed by atoms with Crippen LogP contribution in [0.25, 0.3) is 22.2 Å². The molecule has 0 spiro atoms. The predicted octanol–water partition coefficient (Wildman–Crippen LogP) is 6.34. The third-order valence-corrected chi connectivity index (χ3v) is 8.53. The molecule has 6 nitrogen and oxygen atoms in total. The van der Waals surface area contributed by atoms with Crippen molar-refractivity contribution in [2.24, 2.45) is 0 Å². The highest BCUT2D eigenvalue weighted by Gasteiger charge is 2.28. The largest absolute Gasteiger partial charge is 0.493 e. The molecule has 0 bridgehead atoms. The number of H-pyrrole nitrogens is 1. The summed E-state index contributed by atoms with van der Waals surface area (Å²) >= 11 is 0. The smallest absolute Gasteiger partial charge is 0.161 e.